The summed E-state index contributed by atoms with van der Waals surface area (Å²) in [6.07, 6.45) is 1.46. The number of carbonyl (C=O) groups excluding carboxylic acids is 1. The largest absolute Gasteiger partial charge is 0.494 e. The molecule has 0 aliphatic heterocycles. The SMILES string of the molecule is CCOc1cccc(NC(=O)/C(C#N)=C\c2cc(OC)c(OCc3ccc(Cl)c(Cl)c3)c(Br)c2Br)c1. The maximum atomic E-state index is 12.8. The van der Waals surface area contributed by atoms with E-state index in [1.54, 1.807) is 42.5 Å². The van der Waals surface area contributed by atoms with Gasteiger partial charge in [0.2, 0.25) is 0 Å². The topological polar surface area (TPSA) is 80.6 Å². The monoisotopic (exact) mass is 652 g/mol. The van der Waals surface area contributed by atoms with E-state index in [2.05, 4.69) is 37.2 Å². The standard InChI is InChI=1S/C26H20Br2Cl2N2O4/c1-3-35-19-6-4-5-18(12-19)32-26(33)17(13-31)10-16-11-22(34-2)25(24(28)23(16)27)36-14-15-7-8-20(29)21(30)9-15/h4-12H,3,14H2,1-2H3,(H,32,33)/b17-10-. The summed E-state index contributed by atoms with van der Waals surface area (Å²) in [5.74, 6) is 0.889. The highest BCUT2D eigenvalue weighted by Gasteiger charge is 2.19. The van der Waals surface area contributed by atoms with Gasteiger partial charge in [0.25, 0.3) is 5.91 Å². The van der Waals surface area contributed by atoms with Crippen LogP contribution in [0.2, 0.25) is 10.0 Å². The van der Waals surface area contributed by atoms with Crippen molar-refractivity contribution in [3.8, 4) is 23.3 Å². The molecule has 186 valence electrons. The minimum atomic E-state index is -0.562. The summed E-state index contributed by atoms with van der Waals surface area (Å²) in [5.41, 5.74) is 1.76. The summed E-state index contributed by atoms with van der Waals surface area (Å²) in [4.78, 5) is 12.8. The van der Waals surface area contributed by atoms with E-state index in [0.29, 0.717) is 54.1 Å². The Balaban J connectivity index is 1.86. The molecule has 0 heterocycles. The molecule has 36 heavy (non-hydrogen) atoms. The van der Waals surface area contributed by atoms with Crippen LogP contribution in [0, 0.1) is 11.3 Å². The highest BCUT2D eigenvalue weighted by atomic mass is 79.9. The Hall–Kier alpha value is -2.70. The van der Waals surface area contributed by atoms with Crippen molar-refractivity contribution in [1.82, 2.24) is 0 Å². The van der Waals surface area contributed by atoms with Gasteiger partial charge in [-0.25, -0.2) is 0 Å². The molecule has 0 atom stereocenters. The minimum Gasteiger partial charge on any atom is -0.494 e. The van der Waals surface area contributed by atoms with Crippen LogP contribution >= 0.6 is 55.1 Å². The first-order chi connectivity index (χ1) is 17.3. The summed E-state index contributed by atoms with van der Waals surface area (Å²) in [6.45, 7) is 2.58. The third-order valence-electron chi connectivity index (χ3n) is 4.81. The molecule has 0 aromatic heterocycles. The lowest BCUT2D eigenvalue weighted by Crippen LogP contribution is -2.13. The van der Waals surface area contributed by atoms with Gasteiger partial charge in [0.15, 0.2) is 11.5 Å². The molecule has 6 nitrogen and oxygen atoms in total. The summed E-state index contributed by atoms with van der Waals surface area (Å²) < 4.78 is 18.1. The Bertz CT molecular complexity index is 1360. The van der Waals surface area contributed by atoms with E-state index in [9.17, 15) is 10.1 Å². The fourth-order valence-electron chi connectivity index (χ4n) is 3.11. The average molecular weight is 655 g/mol. The molecule has 0 unspecified atom stereocenters. The van der Waals surface area contributed by atoms with Gasteiger partial charge < -0.3 is 19.5 Å². The number of methoxy groups -OCH3 is 1. The second kappa shape index (κ2) is 13.0. The Morgan fingerprint density at radius 1 is 1.08 bits per heavy atom. The van der Waals surface area contributed by atoms with Gasteiger partial charge >= 0.3 is 0 Å². The number of benzene rings is 3. The van der Waals surface area contributed by atoms with Crippen LogP contribution in [0.4, 0.5) is 5.69 Å². The van der Waals surface area contributed by atoms with Crippen molar-refractivity contribution in [3.63, 3.8) is 0 Å². The molecular formula is C26H20Br2Cl2N2O4. The second-order valence-electron chi connectivity index (χ2n) is 7.25. The Morgan fingerprint density at radius 2 is 1.86 bits per heavy atom. The number of hydrogen-bond acceptors (Lipinski definition) is 5. The second-order valence-corrected chi connectivity index (χ2v) is 9.65. The predicted molar refractivity (Wildman–Crippen MR) is 149 cm³/mol. The number of halogens is 4. The van der Waals surface area contributed by atoms with E-state index >= 15 is 0 Å². The molecule has 0 aliphatic carbocycles. The molecule has 3 aromatic rings. The van der Waals surface area contributed by atoms with Crippen molar-refractivity contribution in [1.29, 1.82) is 5.26 Å². The maximum Gasteiger partial charge on any atom is 0.266 e. The van der Waals surface area contributed by atoms with E-state index in [1.165, 1.54) is 13.2 Å². The van der Waals surface area contributed by atoms with E-state index < -0.39 is 5.91 Å². The van der Waals surface area contributed by atoms with Crippen LogP contribution in [0.3, 0.4) is 0 Å². The third-order valence-corrected chi connectivity index (χ3v) is 7.69. The predicted octanol–water partition coefficient (Wildman–Crippen LogP) is 8.05. The number of anilines is 1. The molecule has 10 heteroatoms. The number of nitriles is 1. The number of nitrogens with zero attached hydrogens (tertiary/aromatic N) is 1. The number of nitrogens with one attached hydrogen (secondary N) is 1. The fraction of sp³-hybridized carbons (Fsp3) is 0.154. The van der Waals surface area contributed by atoms with Crippen LogP contribution in [-0.2, 0) is 11.4 Å². The van der Waals surface area contributed by atoms with Gasteiger partial charge in [-0.2, -0.15) is 5.26 Å². The van der Waals surface area contributed by atoms with E-state index in [0.717, 1.165) is 5.56 Å². The zero-order chi connectivity index (χ0) is 26.2. The van der Waals surface area contributed by atoms with Crippen molar-refractivity contribution < 1.29 is 19.0 Å². The van der Waals surface area contributed by atoms with E-state index in [4.69, 9.17) is 37.4 Å². The molecule has 3 rings (SSSR count). The van der Waals surface area contributed by atoms with Crippen molar-refractivity contribution in [2.45, 2.75) is 13.5 Å². The van der Waals surface area contributed by atoms with E-state index in [-0.39, 0.29) is 12.2 Å². The van der Waals surface area contributed by atoms with Crippen molar-refractivity contribution in [2.75, 3.05) is 19.0 Å². The highest BCUT2D eigenvalue weighted by molar-refractivity contribution is 9.13. The van der Waals surface area contributed by atoms with Gasteiger partial charge in [-0.1, -0.05) is 35.3 Å². The van der Waals surface area contributed by atoms with Crippen LogP contribution in [-0.4, -0.2) is 19.6 Å². The third kappa shape index (κ3) is 6.95. The fourth-order valence-corrected chi connectivity index (χ4v) is 4.38. The molecule has 1 N–H and O–H groups in total. The highest BCUT2D eigenvalue weighted by Crippen LogP contribution is 2.44. The van der Waals surface area contributed by atoms with Crippen LogP contribution in [0.1, 0.15) is 18.1 Å². The summed E-state index contributed by atoms with van der Waals surface area (Å²) in [6, 6.07) is 15.8. The molecule has 3 aromatic carbocycles. The summed E-state index contributed by atoms with van der Waals surface area (Å²) in [7, 11) is 1.50. The minimum absolute atomic E-state index is 0.101. The van der Waals surface area contributed by atoms with E-state index in [1.807, 2.05) is 19.1 Å². The zero-order valence-electron chi connectivity index (χ0n) is 19.2. The lowest BCUT2D eigenvalue weighted by molar-refractivity contribution is -0.112. The summed E-state index contributed by atoms with van der Waals surface area (Å²) >= 11 is 19.1. The van der Waals surface area contributed by atoms with Gasteiger partial charge in [-0.3, -0.25) is 4.79 Å². The van der Waals surface area contributed by atoms with Crippen molar-refractivity contribution >= 4 is 72.7 Å². The Morgan fingerprint density at radius 3 is 2.53 bits per heavy atom. The van der Waals surface area contributed by atoms with Crippen LogP contribution in [0.5, 0.6) is 17.2 Å². The van der Waals surface area contributed by atoms with Gasteiger partial charge in [-0.05, 0) is 86.3 Å². The van der Waals surface area contributed by atoms with Crippen LogP contribution in [0.25, 0.3) is 6.08 Å². The lowest BCUT2D eigenvalue weighted by atomic mass is 10.1. The summed E-state index contributed by atoms with van der Waals surface area (Å²) in [5, 5.41) is 13.3. The average Bonchev–Trinajstić information content (AvgIpc) is 2.86. The molecule has 0 bridgehead atoms. The van der Waals surface area contributed by atoms with Gasteiger partial charge in [0.1, 0.15) is 24.0 Å². The first-order valence-electron chi connectivity index (χ1n) is 10.6. The normalized spacial score (nSPS) is 11.0. The molecule has 0 aliphatic rings. The number of rotatable bonds is 9. The van der Waals surface area contributed by atoms with Crippen molar-refractivity contribution in [2.24, 2.45) is 0 Å². The Kier molecular flexibility index (Phi) is 10.1. The van der Waals surface area contributed by atoms with Crippen molar-refractivity contribution in [3.05, 3.63) is 84.2 Å². The number of hydrogen-bond donors (Lipinski definition) is 1. The molecule has 0 radical (unpaired) electrons. The molecular weight excluding hydrogens is 635 g/mol. The lowest BCUT2D eigenvalue weighted by Gasteiger charge is -2.16. The number of carbonyl (C=O) groups is 1. The molecule has 0 saturated carbocycles. The molecule has 0 fully saturated rings. The first kappa shape index (κ1) is 27.9. The quantitative estimate of drug-likeness (QED) is 0.187. The molecule has 0 saturated heterocycles. The van der Waals surface area contributed by atoms with Gasteiger partial charge in [0.05, 0.1) is 28.2 Å². The molecule has 0 spiro atoms. The van der Waals surface area contributed by atoms with Gasteiger partial charge in [0, 0.05) is 16.2 Å². The van der Waals surface area contributed by atoms with Crippen LogP contribution < -0.4 is 19.5 Å². The number of amides is 1. The number of ether oxygens (including phenoxy) is 3. The zero-order valence-corrected chi connectivity index (χ0v) is 23.9. The van der Waals surface area contributed by atoms with Crippen LogP contribution in [0.15, 0.2) is 63.0 Å². The Labute approximate surface area is 236 Å². The maximum absolute atomic E-state index is 12.8. The first-order valence-corrected chi connectivity index (χ1v) is 12.9. The van der Waals surface area contributed by atoms with Gasteiger partial charge in [-0.15, -0.1) is 0 Å². The molecule has 1 amide bonds. The smallest absolute Gasteiger partial charge is 0.266 e.